The zero-order valence-electron chi connectivity index (χ0n) is 6.65. The third-order valence-electron chi connectivity index (χ3n) is 1.42. The molecule has 1 amide bonds. The van der Waals surface area contributed by atoms with E-state index in [0.717, 1.165) is 6.42 Å². The van der Waals surface area contributed by atoms with E-state index in [4.69, 9.17) is 10.1 Å². The van der Waals surface area contributed by atoms with Crippen LogP contribution >= 0.6 is 11.8 Å². The van der Waals surface area contributed by atoms with Crippen molar-refractivity contribution in [1.82, 2.24) is 5.06 Å². The van der Waals surface area contributed by atoms with Crippen molar-refractivity contribution >= 4 is 17.7 Å². The van der Waals surface area contributed by atoms with Gasteiger partial charge in [0.25, 0.3) is 5.91 Å². The first-order valence-electron chi connectivity index (χ1n) is 3.72. The first kappa shape index (κ1) is 9.36. The van der Waals surface area contributed by atoms with Crippen molar-refractivity contribution < 1.29 is 9.63 Å². The Hall–Kier alpha value is -0.730. The monoisotopic (exact) mass is 186 g/mol. The van der Waals surface area contributed by atoms with Gasteiger partial charge in [0.05, 0.1) is 30.7 Å². The van der Waals surface area contributed by atoms with E-state index < -0.39 is 0 Å². The van der Waals surface area contributed by atoms with Crippen LogP contribution in [0, 0.1) is 11.3 Å². The standard InChI is InChI=1S/C7H10N2O2S/c8-2-5-12-6-7(10)9-3-1-4-11-9/h1,3-6H2. The first-order chi connectivity index (χ1) is 5.84. The Bertz CT molecular complexity index is 196. The molecule has 4 nitrogen and oxygen atoms in total. The molecule has 1 rings (SSSR count). The number of hydroxylamine groups is 2. The summed E-state index contributed by atoms with van der Waals surface area (Å²) in [5, 5.41) is 9.60. The fourth-order valence-corrected chi connectivity index (χ4v) is 1.41. The van der Waals surface area contributed by atoms with Gasteiger partial charge in [0.1, 0.15) is 0 Å². The first-order valence-corrected chi connectivity index (χ1v) is 4.88. The van der Waals surface area contributed by atoms with E-state index >= 15 is 0 Å². The second-order valence-electron chi connectivity index (χ2n) is 2.33. The average Bonchev–Trinajstić information content (AvgIpc) is 2.56. The molecular formula is C7H10N2O2S. The number of nitriles is 1. The Balaban J connectivity index is 2.15. The number of carbonyl (C=O) groups excluding carboxylic acids is 1. The smallest absolute Gasteiger partial charge is 0.256 e. The van der Waals surface area contributed by atoms with Crippen LogP contribution < -0.4 is 0 Å². The van der Waals surface area contributed by atoms with Gasteiger partial charge >= 0.3 is 0 Å². The second-order valence-corrected chi connectivity index (χ2v) is 3.32. The van der Waals surface area contributed by atoms with Crippen LogP contribution in [-0.4, -0.2) is 35.6 Å². The van der Waals surface area contributed by atoms with E-state index in [9.17, 15) is 4.79 Å². The molecule has 0 spiro atoms. The molecule has 0 aliphatic carbocycles. The number of thioether (sulfide) groups is 1. The van der Waals surface area contributed by atoms with Crippen LogP contribution in [0.3, 0.4) is 0 Å². The lowest BCUT2D eigenvalue weighted by Crippen LogP contribution is -2.28. The molecule has 66 valence electrons. The predicted octanol–water partition coefficient (Wildman–Crippen LogP) is 0.407. The van der Waals surface area contributed by atoms with Crippen molar-refractivity contribution in [3.05, 3.63) is 0 Å². The Labute approximate surface area is 75.4 Å². The number of amides is 1. The van der Waals surface area contributed by atoms with Gasteiger partial charge in [-0.05, 0) is 6.42 Å². The van der Waals surface area contributed by atoms with Crippen LogP contribution in [0.15, 0.2) is 0 Å². The summed E-state index contributed by atoms with van der Waals surface area (Å²) in [5.74, 6) is 0.667. The molecule has 0 bridgehead atoms. The van der Waals surface area contributed by atoms with Gasteiger partial charge in [0, 0.05) is 0 Å². The van der Waals surface area contributed by atoms with Gasteiger partial charge in [-0.1, -0.05) is 0 Å². The fourth-order valence-electron chi connectivity index (χ4n) is 0.900. The van der Waals surface area contributed by atoms with Crippen molar-refractivity contribution in [3.63, 3.8) is 0 Å². The minimum atomic E-state index is -0.0345. The Morgan fingerprint density at radius 2 is 2.58 bits per heavy atom. The molecule has 0 atom stereocenters. The molecule has 0 N–H and O–H groups in total. The molecule has 1 aliphatic heterocycles. The lowest BCUT2D eigenvalue weighted by Gasteiger charge is -2.12. The Morgan fingerprint density at radius 3 is 3.17 bits per heavy atom. The minimum absolute atomic E-state index is 0.0345. The zero-order chi connectivity index (χ0) is 8.81. The highest BCUT2D eigenvalue weighted by Gasteiger charge is 2.18. The number of hydrogen-bond acceptors (Lipinski definition) is 4. The van der Waals surface area contributed by atoms with Gasteiger partial charge in [-0.2, -0.15) is 5.26 Å². The van der Waals surface area contributed by atoms with Gasteiger partial charge in [0.15, 0.2) is 0 Å². The zero-order valence-corrected chi connectivity index (χ0v) is 7.47. The summed E-state index contributed by atoms with van der Waals surface area (Å²) < 4.78 is 0. The summed E-state index contributed by atoms with van der Waals surface area (Å²) in [7, 11) is 0. The van der Waals surface area contributed by atoms with Crippen LogP contribution in [0.2, 0.25) is 0 Å². The molecule has 0 unspecified atom stereocenters. The normalized spacial score (nSPS) is 16.1. The molecule has 0 radical (unpaired) electrons. The predicted molar refractivity (Wildman–Crippen MR) is 45.2 cm³/mol. The van der Waals surface area contributed by atoms with E-state index in [1.54, 1.807) is 0 Å². The van der Waals surface area contributed by atoms with Gasteiger partial charge in [-0.15, -0.1) is 11.8 Å². The molecule has 1 heterocycles. The fraction of sp³-hybridized carbons (Fsp3) is 0.714. The van der Waals surface area contributed by atoms with E-state index in [1.165, 1.54) is 16.8 Å². The van der Waals surface area contributed by atoms with Crippen LogP contribution in [0.4, 0.5) is 0 Å². The molecule has 0 saturated carbocycles. The van der Waals surface area contributed by atoms with Gasteiger partial charge in [-0.3, -0.25) is 9.63 Å². The number of hydrogen-bond donors (Lipinski definition) is 0. The topological polar surface area (TPSA) is 53.3 Å². The number of carbonyl (C=O) groups is 1. The maximum Gasteiger partial charge on any atom is 0.256 e. The highest BCUT2D eigenvalue weighted by Crippen LogP contribution is 2.08. The number of rotatable bonds is 3. The molecule has 0 aromatic carbocycles. The quantitative estimate of drug-likeness (QED) is 0.599. The van der Waals surface area contributed by atoms with Gasteiger partial charge < -0.3 is 0 Å². The molecule has 1 saturated heterocycles. The summed E-state index contributed by atoms with van der Waals surface area (Å²) in [6.45, 7) is 1.32. The Kier molecular flexibility index (Phi) is 3.91. The van der Waals surface area contributed by atoms with Crippen molar-refractivity contribution in [3.8, 4) is 6.07 Å². The molecule has 12 heavy (non-hydrogen) atoms. The summed E-state index contributed by atoms with van der Waals surface area (Å²) in [4.78, 5) is 16.2. The summed E-state index contributed by atoms with van der Waals surface area (Å²) in [5.41, 5.74) is 0. The van der Waals surface area contributed by atoms with Crippen LogP contribution in [-0.2, 0) is 9.63 Å². The SMILES string of the molecule is N#CCSCC(=O)N1CCCO1. The van der Waals surface area contributed by atoms with E-state index in [1.807, 2.05) is 6.07 Å². The molecule has 0 aromatic heterocycles. The van der Waals surface area contributed by atoms with E-state index in [0.29, 0.717) is 24.7 Å². The van der Waals surface area contributed by atoms with E-state index in [-0.39, 0.29) is 5.91 Å². The van der Waals surface area contributed by atoms with Gasteiger partial charge in [-0.25, -0.2) is 5.06 Å². The highest BCUT2D eigenvalue weighted by molar-refractivity contribution is 8.00. The lowest BCUT2D eigenvalue weighted by molar-refractivity contribution is -0.165. The highest BCUT2D eigenvalue weighted by atomic mass is 32.2. The summed E-state index contributed by atoms with van der Waals surface area (Å²) in [6.07, 6.45) is 0.911. The maximum absolute atomic E-state index is 11.2. The van der Waals surface area contributed by atoms with Crippen LogP contribution in [0.1, 0.15) is 6.42 Å². The van der Waals surface area contributed by atoms with Crippen molar-refractivity contribution in [1.29, 1.82) is 5.26 Å². The number of nitrogens with zero attached hydrogens (tertiary/aromatic N) is 2. The minimum Gasteiger partial charge on any atom is -0.272 e. The van der Waals surface area contributed by atoms with Crippen LogP contribution in [0.25, 0.3) is 0 Å². The Morgan fingerprint density at radius 1 is 1.75 bits per heavy atom. The molecule has 1 fully saturated rings. The lowest BCUT2D eigenvalue weighted by atomic mass is 10.5. The average molecular weight is 186 g/mol. The van der Waals surface area contributed by atoms with Crippen molar-refractivity contribution in [2.45, 2.75) is 6.42 Å². The third kappa shape index (κ3) is 2.72. The summed E-state index contributed by atoms with van der Waals surface area (Å²) >= 11 is 1.32. The maximum atomic E-state index is 11.2. The second kappa shape index (κ2) is 5.01. The molecule has 0 aromatic rings. The van der Waals surface area contributed by atoms with Gasteiger partial charge in [0.2, 0.25) is 0 Å². The van der Waals surface area contributed by atoms with Crippen molar-refractivity contribution in [2.24, 2.45) is 0 Å². The summed E-state index contributed by atoms with van der Waals surface area (Å²) in [6, 6.07) is 1.97. The molecule has 1 aliphatic rings. The molecular weight excluding hydrogens is 176 g/mol. The largest absolute Gasteiger partial charge is 0.272 e. The third-order valence-corrected chi connectivity index (χ3v) is 2.21. The van der Waals surface area contributed by atoms with E-state index in [2.05, 4.69) is 0 Å². The molecule has 5 heteroatoms. The van der Waals surface area contributed by atoms with Crippen LogP contribution in [0.5, 0.6) is 0 Å². The van der Waals surface area contributed by atoms with Crippen molar-refractivity contribution in [2.75, 3.05) is 24.7 Å².